The Morgan fingerprint density at radius 1 is 1.31 bits per heavy atom. The van der Waals surface area contributed by atoms with E-state index < -0.39 is 5.91 Å². The number of amides is 1. The monoisotopic (exact) mass is 389 g/mol. The van der Waals surface area contributed by atoms with Gasteiger partial charge < -0.3 is 24.5 Å². The molecule has 0 aliphatic carbocycles. The molecule has 1 aliphatic heterocycles. The van der Waals surface area contributed by atoms with Crippen LogP contribution in [0, 0.1) is 11.3 Å². The predicted molar refractivity (Wildman–Crippen MR) is 108 cm³/mol. The second-order valence-corrected chi connectivity index (χ2v) is 6.48. The largest absolute Gasteiger partial charge is 0.496 e. The Kier molecular flexibility index (Phi) is 5.08. The number of aromatic nitrogens is 1. The average molecular weight is 389 g/mol. The highest BCUT2D eigenvalue weighted by Crippen LogP contribution is 2.38. The van der Waals surface area contributed by atoms with Crippen molar-refractivity contribution >= 4 is 22.9 Å². The van der Waals surface area contributed by atoms with E-state index in [1.165, 1.54) is 13.2 Å². The number of ether oxygens (including phenoxy) is 3. The van der Waals surface area contributed by atoms with Gasteiger partial charge in [0.1, 0.15) is 17.4 Å². The topological polar surface area (TPSA) is 96.4 Å². The molecule has 2 aromatic carbocycles. The third kappa shape index (κ3) is 3.73. The molecular weight excluding hydrogens is 370 g/mol. The van der Waals surface area contributed by atoms with Crippen LogP contribution >= 0.6 is 0 Å². The fraction of sp³-hybridized carbons (Fsp3) is 0.182. The minimum absolute atomic E-state index is 0.0129. The minimum Gasteiger partial charge on any atom is -0.496 e. The zero-order chi connectivity index (χ0) is 20.2. The van der Waals surface area contributed by atoms with Crippen molar-refractivity contribution in [3.8, 4) is 23.3 Å². The van der Waals surface area contributed by atoms with Gasteiger partial charge in [-0.15, -0.1) is 0 Å². The summed E-state index contributed by atoms with van der Waals surface area (Å²) in [6, 6.07) is 13.3. The molecule has 4 rings (SSSR count). The fourth-order valence-corrected chi connectivity index (χ4v) is 3.28. The molecule has 0 spiro atoms. The van der Waals surface area contributed by atoms with Gasteiger partial charge in [-0.3, -0.25) is 4.79 Å². The van der Waals surface area contributed by atoms with E-state index >= 15 is 0 Å². The number of hydrogen-bond acceptors (Lipinski definition) is 5. The summed E-state index contributed by atoms with van der Waals surface area (Å²) in [5, 5.41) is 13.4. The highest BCUT2D eigenvalue weighted by molar-refractivity contribution is 6.02. The van der Waals surface area contributed by atoms with Gasteiger partial charge in [0.2, 0.25) is 6.79 Å². The summed E-state index contributed by atoms with van der Waals surface area (Å²) in [7, 11) is 1.52. The quantitative estimate of drug-likeness (QED) is 0.499. The van der Waals surface area contributed by atoms with Gasteiger partial charge in [-0.1, -0.05) is 18.2 Å². The van der Waals surface area contributed by atoms with Crippen LogP contribution in [0.15, 0.2) is 48.2 Å². The highest BCUT2D eigenvalue weighted by atomic mass is 16.7. The van der Waals surface area contributed by atoms with E-state index in [4.69, 9.17) is 14.2 Å². The smallest absolute Gasteiger partial charge is 0.261 e. The van der Waals surface area contributed by atoms with Crippen LogP contribution in [0.5, 0.6) is 17.2 Å². The van der Waals surface area contributed by atoms with Crippen LogP contribution in [0.4, 0.5) is 0 Å². The molecule has 7 nitrogen and oxygen atoms in total. The summed E-state index contributed by atoms with van der Waals surface area (Å²) in [4.78, 5) is 15.7. The van der Waals surface area contributed by atoms with E-state index in [1.807, 2.05) is 36.5 Å². The Hall–Kier alpha value is -3.92. The van der Waals surface area contributed by atoms with Gasteiger partial charge in [0.05, 0.1) is 7.11 Å². The molecule has 0 radical (unpaired) electrons. The average Bonchev–Trinajstić information content (AvgIpc) is 3.37. The number of carbonyl (C=O) groups excluding carboxylic acids is 1. The van der Waals surface area contributed by atoms with Gasteiger partial charge in [-0.2, -0.15) is 5.26 Å². The van der Waals surface area contributed by atoms with Crippen LogP contribution < -0.4 is 19.5 Å². The van der Waals surface area contributed by atoms with Crippen LogP contribution in [0.25, 0.3) is 17.0 Å². The van der Waals surface area contributed by atoms with Gasteiger partial charge in [-0.05, 0) is 30.2 Å². The lowest BCUT2D eigenvalue weighted by Crippen LogP contribution is -2.26. The Morgan fingerprint density at radius 2 is 2.10 bits per heavy atom. The van der Waals surface area contributed by atoms with Crippen LogP contribution in [-0.4, -0.2) is 31.3 Å². The molecular formula is C22H19N3O4. The highest BCUT2D eigenvalue weighted by Gasteiger charge is 2.18. The standard InChI is InChI=1S/C22H19N3O4/c1-27-19-10-21-20(28-13-29-21)9-15(19)8-16(11-23)22(26)24-7-6-14-12-25-18-5-3-2-4-17(14)18/h2-5,8-10,12,25H,6-7,13H2,1H3,(H,24,26)/b16-8-. The molecule has 0 unspecified atom stereocenters. The lowest BCUT2D eigenvalue weighted by molar-refractivity contribution is -0.117. The normalized spacial score (nSPS) is 12.6. The number of benzene rings is 2. The molecule has 2 heterocycles. The van der Waals surface area contributed by atoms with E-state index in [2.05, 4.69) is 10.3 Å². The maximum Gasteiger partial charge on any atom is 0.261 e. The van der Waals surface area contributed by atoms with Crippen molar-refractivity contribution in [1.82, 2.24) is 10.3 Å². The molecule has 1 aliphatic rings. The van der Waals surface area contributed by atoms with Gasteiger partial charge >= 0.3 is 0 Å². The second kappa shape index (κ2) is 7.98. The molecule has 0 atom stereocenters. The number of carbonyl (C=O) groups is 1. The van der Waals surface area contributed by atoms with Crippen molar-refractivity contribution < 1.29 is 19.0 Å². The van der Waals surface area contributed by atoms with Crippen molar-refractivity contribution in [1.29, 1.82) is 5.26 Å². The predicted octanol–water partition coefficient (Wildman–Crippen LogP) is 3.17. The summed E-state index contributed by atoms with van der Waals surface area (Å²) >= 11 is 0. The molecule has 1 aromatic heterocycles. The number of para-hydroxylation sites is 1. The summed E-state index contributed by atoms with van der Waals surface area (Å²) in [5.74, 6) is 1.18. The van der Waals surface area contributed by atoms with E-state index in [9.17, 15) is 10.1 Å². The molecule has 3 aromatic rings. The molecule has 2 N–H and O–H groups in total. The van der Waals surface area contributed by atoms with Crippen LogP contribution in [-0.2, 0) is 11.2 Å². The first-order valence-corrected chi connectivity index (χ1v) is 9.12. The van der Waals surface area contributed by atoms with E-state index in [0.29, 0.717) is 35.8 Å². The van der Waals surface area contributed by atoms with E-state index in [-0.39, 0.29) is 12.4 Å². The fourth-order valence-electron chi connectivity index (χ4n) is 3.28. The SMILES string of the molecule is COc1cc2c(cc1/C=C(/C#N)C(=O)NCCc1c[nH]c3ccccc13)OCO2. The Bertz CT molecular complexity index is 1140. The van der Waals surface area contributed by atoms with Crippen molar-refractivity contribution in [2.75, 3.05) is 20.4 Å². The third-order valence-corrected chi connectivity index (χ3v) is 4.74. The molecule has 29 heavy (non-hydrogen) atoms. The number of nitriles is 1. The Balaban J connectivity index is 1.46. The first-order chi connectivity index (χ1) is 14.2. The summed E-state index contributed by atoms with van der Waals surface area (Å²) in [6.45, 7) is 0.545. The van der Waals surface area contributed by atoms with Crippen LogP contribution in [0.2, 0.25) is 0 Å². The molecule has 146 valence electrons. The second-order valence-electron chi connectivity index (χ2n) is 6.48. The van der Waals surface area contributed by atoms with Gasteiger partial charge in [0.25, 0.3) is 5.91 Å². The third-order valence-electron chi connectivity index (χ3n) is 4.74. The zero-order valence-corrected chi connectivity index (χ0v) is 15.8. The number of nitrogens with one attached hydrogen (secondary N) is 2. The zero-order valence-electron chi connectivity index (χ0n) is 15.8. The van der Waals surface area contributed by atoms with Crippen molar-refractivity contribution in [2.24, 2.45) is 0 Å². The summed E-state index contributed by atoms with van der Waals surface area (Å²) in [6.07, 6.45) is 4.08. The van der Waals surface area contributed by atoms with Gasteiger partial charge in [0, 0.05) is 35.3 Å². The van der Waals surface area contributed by atoms with Gasteiger partial charge in [0.15, 0.2) is 11.5 Å². The number of H-pyrrole nitrogens is 1. The number of fused-ring (bicyclic) bond motifs is 2. The van der Waals surface area contributed by atoms with E-state index in [0.717, 1.165) is 16.5 Å². The first-order valence-electron chi connectivity index (χ1n) is 9.12. The Morgan fingerprint density at radius 3 is 2.90 bits per heavy atom. The molecule has 1 amide bonds. The molecule has 0 fully saturated rings. The molecule has 0 saturated carbocycles. The molecule has 7 heteroatoms. The number of hydrogen-bond donors (Lipinski definition) is 2. The Labute approximate surface area is 167 Å². The summed E-state index contributed by atoms with van der Waals surface area (Å²) in [5.41, 5.74) is 2.73. The van der Waals surface area contributed by atoms with E-state index in [1.54, 1.807) is 12.1 Å². The number of nitrogens with zero attached hydrogens (tertiary/aromatic N) is 1. The molecule has 0 saturated heterocycles. The number of aromatic amines is 1. The maximum absolute atomic E-state index is 12.5. The molecule has 0 bridgehead atoms. The van der Waals surface area contributed by atoms with Crippen molar-refractivity contribution in [2.45, 2.75) is 6.42 Å². The van der Waals surface area contributed by atoms with Crippen molar-refractivity contribution in [3.05, 3.63) is 59.3 Å². The minimum atomic E-state index is -0.438. The number of methoxy groups -OCH3 is 1. The lowest BCUT2D eigenvalue weighted by atomic mass is 10.1. The van der Waals surface area contributed by atoms with Crippen molar-refractivity contribution in [3.63, 3.8) is 0 Å². The number of rotatable bonds is 6. The maximum atomic E-state index is 12.5. The van der Waals surface area contributed by atoms with Gasteiger partial charge in [-0.25, -0.2) is 0 Å². The summed E-state index contributed by atoms with van der Waals surface area (Å²) < 4.78 is 16.0. The van der Waals surface area contributed by atoms with Crippen LogP contribution in [0.3, 0.4) is 0 Å². The lowest BCUT2D eigenvalue weighted by Gasteiger charge is -2.08. The van der Waals surface area contributed by atoms with Crippen LogP contribution in [0.1, 0.15) is 11.1 Å². The first kappa shape index (κ1) is 18.4.